The molecule has 3 aromatic rings. The maximum Gasteiger partial charge on any atom is 0.273 e. The van der Waals surface area contributed by atoms with Crippen LogP contribution in [0.4, 0.5) is 5.69 Å². The van der Waals surface area contributed by atoms with Gasteiger partial charge in [0.1, 0.15) is 0 Å². The van der Waals surface area contributed by atoms with Crippen molar-refractivity contribution in [1.82, 2.24) is 14.9 Å². The highest BCUT2D eigenvalue weighted by molar-refractivity contribution is 7.98. The molecule has 0 spiro atoms. The summed E-state index contributed by atoms with van der Waals surface area (Å²) in [5, 5.41) is 20.2. The Hall–Kier alpha value is -2.58. The number of nitro benzene ring substituents is 1. The molecule has 0 atom stereocenters. The summed E-state index contributed by atoms with van der Waals surface area (Å²) < 4.78 is 1.35. The Balaban J connectivity index is 1.82. The molecule has 0 saturated carbocycles. The standard InChI is InChI=1S/C15H12ClN5O2S/c16-12-6-3-5-10(8-12)14-18-19-15(20(14)17)24-9-11-4-1-2-7-13(11)21(22)23/h1-8H,9,17H2. The summed E-state index contributed by atoms with van der Waals surface area (Å²) in [4.78, 5) is 10.6. The molecule has 7 nitrogen and oxygen atoms in total. The average molecular weight is 362 g/mol. The van der Waals surface area contributed by atoms with Crippen molar-refractivity contribution in [2.24, 2.45) is 0 Å². The van der Waals surface area contributed by atoms with Crippen LogP contribution in [0.15, 0.2) is 53.7 Å². The Morgan fingerprint density at radius 3 is 2.75 bits per heavy atom. The molecule has 0 aliphatic rings. The Morgan fingerprint density at radius 1 is 1.21 bits per heavy atom. The molecule has 0 amide bonds. The monoisotopic (exact) mass is 361 g/mol. The summed E-state index contributed by atoms with van der Waals surface area (Å²) in [5.74, 6) is 6.88. The fourth-order valence-electron chi connectivity index (χ4n) is 2.15. The van der Waals surface area contributed by atoms with Crippen molar-refractivity contribution >= 4 is 29.1 Å². The SMILES string of the molecule is Nn1c(SCc2ccccc2[N+](=O)[O-])nnc1-c1cccc(Cl)c1. The summed E-state index contributed by atoms with van der Waals surface area (Å²) in [5.41, 5.74) is 1.41. The zero-order valence-corrected chi connectivity index (χ0v) is 13.9. The number of rotatable bonds is 5. The maximum atomic E-state index is 11.0. The molecule has 24 heavy (non-hydrogen) atoms. The molecule has 9 heteroatoms. The first-order chi connectivity index (χ1) is 11.6. The van der Waals surface area contributed by atoms with Gasteiger partial charge in [-0.2, -0.15) is 0 Å². The third kappa shape index (κ3) is 3.34. The summed E-state index contributed by atoms with van der Waals surface area (Å²) in [7, 11) is 0. The molecule has 0 aliphatic carbocycles. The lowest BCUT2D eigenvalue weighted by atomic mass is 10.2. The van der Waals surface area contributed by atoms with Crippen LogP contribution in [0, 0.1) is 10.1 Å². The van der Waals surface area contributed by atoms with Crippen LogP contribution in [-0.4, -0.2) is 19.8 Å². The third-order valence-electron chi connectivity index (χ3n) is 3.29. The second kappa shape index (κ2) is 6.90. The maximum absolute atomic E-state index is 11.0. The van der Waals surface area contributed by atoms with Crippen molar-refractivity contribution < 1.29 is 4.92 Å². The van der Waals surface area contributed by atoms with Gasteiger partial charge in [-0.15, -0.1) is 10.2 Å². The zero-order chi connectivity index (χ0) is 17.1. The van der Waals surface area contributed by atoms with E-state index in [2.05, 4.69) is 10.2 Å². The first-order valence-electron chi connectivity index (χ1n) is 6.88. The van der Waals surface area contributed by atoms with E-state index >= 15 is 0 Å². The summed E-state index contributed by atoms with van der Waals surface area (Å²) in [6, 6.07) is 13.7. The quantitative estimate of drug-likeness (QED) is 0.323. The Labute approximate surface area is 146 Å². The molecule has 0 radical (unpaired) electrons. The minimum absolute atomic E-state index is 0.0724. The van der Waals surface area contributed by atoms with E-state index in [1.807, 2.05) is 6.07 Å². The molecular formula is C15H12ClN5O2S. The van der Waals surface area contributed by atoms with E-state index in [0.717, 1.165) is 5.56 Å². The van der Waals surface area contributed by atoms with Gasteiger partial charge < -0.3 is 5.84 Å². The van der Waals surface area contributed by atoms with E-state index in [1.54, 1.807) is 36.4 Å². The van der Waals surface area contributed by atoms with Gasteiger partial charge in [0.2, 0.25) is 5.16 Å². The number of aromatic nitrogens is 3. The largest absolute Gasteiger partial charge is 0.335 e. The van der Waals surface area contributed by atoms with Crippen molar-refractivity contribution in [2.45, 2.75) is 10.9 Å². The molecule has 0 saturated heterocycles. The van der Waals surface area contributed by atoms with E-state index in [1.165, 1.54) is 22.5 Å². The van der Waals surface area contributed by atoms with Crippen LogP contribution in [-0.2, 0) is 5.75 Å². The molecule has 122 valence electrons. The number of nitrogens with zero attached hydrogens (tertiary/aromatic N) is 4. The molecule has 3 rings (SSSR count). The highest BCUT2D eigenvalue weighted by atomic mass is 35.5. The fourth-order valence-corrected chi connectivity index (χ4v) is 3.20. The average Bonchev–Trinajstić information content (AvgIpc) is 2.94. The number of hydrogen-bond acceptors (Lipinski definition) is 6. The van der Waals surface area contributed by atoms with E-state index in [9.17, 15) is 10.1 Å². The van der Waals surface area contributed by atoms with Gasteiger partial charge >= 0.3 is 0 Å². The van der Waals surface area contributed by atoms with Gasteiger partial charge in [-0.3, -0.25) is 10.1 Å². The van der Waals surface area contributed by atoms with Crippen molar-refractivity contribution in [3.05, 3.63) is 69.2 Å². The highest BCUT2D eigenvalue weighted by Crippen LogP contribution is 2.28. The minimum atomic E-state index is -0.402. The number of nitro groups is 1. The molecule has 2 N–H and O–H groups in total. The van der Waals surface area contributed by atoms with Gasteiger partial charge in [-0.1, -0.05) is 53.7 Å². The molecule has 2 aromatic carbocycles. The first kappa shape index (κ1) is 16.3. The van der Waals surface area contributed by atoms with Gasteiger partial charge in [0.25, 0.3) is 5.69 Å². The van der Waals surface area contributed by atoms with Crippen LogP contribution in [0.25, 0.3) is 11.4 Å². The smallest absolute Gasteiger partial charge is 0.273 e. The number of thioether (sulfide) groups is 1. The molecule has 0 fully saturated rings. The van der Waals surface area contributed by atoms with Crippen LogP contribution < -0.4 is 5.84 Å². The number of nitrogens with two attached hydrogens (primary N) is 1. The van der Waals surface area contributed by atoms with Gasteiger partial charge in [-0.25, -0.2) is 4.68 Å². The van der Waals surface area contributed by atoms with Crippen LogP contribution in [0.2, 0.25) is 5.02 Å². The minimum Gasteiger partial charge on any atom is -0.335 e. The second-order valence-electron chi connectivity index (χ2n) is 4.86. The normalized spacial score (nSPS) is 10.7. The predicted molar refractivity (Wildman–Crippen MR) is 93.3 cm³/mol. The van der Waals surface area contributed by atoms with Crippen molar-refractivity contribution in [3.63, 3.8) is 0 Å². The number of benzene rings is 2. The Morgan fingerprint density at radius 2 is 2.00 bits per heavy atom. The summed E-state index contributed by atoms with van der Waals surface area (Å²) in [6.07, 6.45) is 0. The van der Waals surface area contributed by atoms with Crippen molar-refractivity contribution in [2.75, 3.05) is 5.84 Å². The summed E-state index contributed by atoms with van der Waals surface area (Å²) in [6.45, 7) is 0. The van der Waals surface area contributed by atoms with Gasteiger partial charge in [-0.05, 0) is 12.1 Å². The predicted octanol–water partition coefficient (Wildman–Crippen LogP) is 3.51. The van der Waals surface area contributed by atoms with Crippen LogP contribution >= 0.6 is 23.4 Å². The third-order valence-corrected chi connectivity index (χ3v) is 4.52. The van der Waals surface area contributed by atoms with E-state index in [4.69, 9.17) is 17.4 Å². The summed E-state index contributed by atoms with van der Waals surface area (Å²) >= 11 is 7.25. The van der Waals surface area contributed by atoms with E-state index < -0.39 is 4.92 Å². The number of nitrogen functional groups attached to an aromatic ring is 1. The molecule has 1 heterocycles. The van der Waals surface area contributed by atoms with Crippen LogP contribution in [0.1, 0.15) is 5.56 Å². The van der Waals surface area contributed by atoms with E-state index in [0.29, 0.717) is 27.3 Å². The topological polar surface area (TPSA) is 99.9 Å². The Kier molecular flexibility index (Phi) is 4.68. The lowest BCUT2D eigenvalue weighted by Gasteiger charge is -2.04. The zero-order valence-electron chi connectivity index (χ0n) is 12.3. The van der Waals surface area contributed by atoms with Crippen molar-refractivity contribution in [3.8, 4) is 11.4 Å². The lowest BCUT2D eigenvalue weighted by Crippen LogP contribution is -2.11. The highest BCUT2D eigenvalue weighted by Gasteiger charge is 2.16. The van der Waals surface area contributed by atoms with Gasteiger partial charge in [0.15, 0.2) is 5.82 Å². The van der Waals surface area contributed by atoms with Crippen LogP contribution in [0.3, 0.4) is 0 Å². The Bertz CT molecular complexity index is 899. The molecule has 0 unspecified atom stereocenters. The van der Waals surface area contributed by atoms with Gasteiger partial charge in [0, 0.05) is 28.0 Å². The van der Waals surface area contributed by atoms with Crippen LogP contribution in [0.5, 0.6) is 0 Å². The molecule has 0 aliphatic heterocycles. The number of para-hydroxylation sites is 1. The first-order valence-corrected chi connectivity index (χ1v) is 8.24. The lowest BCUT2D eigenvalue weighted by molar-refractivity contribution is -0.385. The van der Waals surface area contributed by atoms with Gasteiger partial charge in [0.05, 0.1) is 4.92 Å². The fraction of sp³-hybridized carbons (Fsp3) is 0.0667. The molecular weight excluding hydrogens is 350 g/mol. The molecule has 1 aromatic heterocycles. The number of hydrogen-bond donors (Lipinski definition) is 1. The van der Waals surface area contributed by atoms with Crippen molar-refractivity contribution in [1.29, 1.82) is 0 Å². The number of halogens is 1. The van der Waals surface area contributed by atoms with E-state index in [-0.39, 0.29) is 5.69 Å². The second-order valence-corrected chi connectivity index (χ2v) is 6.24. The molecule has 0 bridgehead atoms.